The van der Waals surface area contributed by atoms with Gasteiger partial charge in [-0.1, -0.05) is 5.21 Å². The molecule has 1 aromatic heterocycles. The summed E-state index contributed by atoms with van der Waals surface area (Å²) in [5, 5.41) is 17.0. The predicted molar refractivity (Wildman–Crippen MR) is 73.9 cm³/mol. The fraction of sp³-hybridized carbons (Fsp3) is 0.462. The number of aromatic nitrogens is 3. The van der Waals surface area contributed by atoms with Gasteiger partial charge in [-0.15, -0.1) is 5.10 Å². The summed E-state index contributed by atoms with van der Waals surface area (Å²) >= 11 is 0. The lowest BCUT2D eigenvalue weighted by Crippen LogP contribution is -2.27. The van der Waals surface area contributed by atoms with Crippen molar-refractivity contribution in [2.45, 2.75) is 6.54 Å². The Balaban J connectivity index is 2.06. The van der Waals surface area contributed by atoms with Crippen molar-refractivity contribution in [2.75, 3.05) is 33.9 Å². The molecule has 108 valence electrons. The zero-order chi connectivity index (χ0) is 14.5. The SMILES string of the molecule is COCCN(C)CCn1nnc2cc(C(=O)O)ccc21. The van der Waals surface area contributed by atoms with Crippen molar-refractivity contribution in [3.05, 3.63) is 23.8 Å². The van der Waals surface area contributed by atoms with Gasteiger partial charge in [0.2, 0.25) is 0 Å². The number of hydrogen-bond donors (Lipinski definition) is 1. The topological polar surface area (TPSA) is 80.5 Å². The molecule has 2 rings (SSSR count). The number of methoxy groups -OCH3 is 1. The number of carboxylic acid groups (broad SMARTS) is 1. The fourth-order valence-corrected chi connectivity index (χ4v) is 1.89. The number of carboxylic acids is 1. The average molecular weight is 278 g/mol. The fourth-order valence-electron chi connectivity index (χ4n) is 1.89. The lowest BCUT2D eigenvalue weighted by molar-refractivity contribution is 0.0697. The normalized spacial score (nSPS) is 11.3. The molecule has 7 nitrogen and oxygen atoms in total. The first-order chi connectivity index (χ1) is 9.61. The van der Waals surface area contributed by atoms with Crippen LogP contribution in [0.4, 0.5) is 0 Å². The molecule has 0 saturated heterocycles. The quantitative estimate of drug-likeness (QED) is 0.803. The van der Waals surface area contributed by atoms with E-state index in [2.05, 4.69) is 15.2 Å². The second-order valence-corrected chi connectivity index (χ2v) is 4.62. The summed E-state index contributed by atoms with van der Waals surface area (Å²) in [6.45, 7) is 3.06. The second kappa shape index (κ2) is 6.44. The lowest BCUT2D eigenvalue weighted by atomic mass is 10.2. The van der Waals surface area contributed by atoms with E-state index < -0.39 is 5.97 Å². The zero-order valence-electron chi connectivity index (χ0n) is 11.6. The second-order valence-electron chi connectivity index (χ2n) is 4.62. The van der Waals surface area contributed by atoms with E-state index in [-0.39, 0.29) is 5.56 Å². The van der Waals surface area contributed by atoms with Crippen LogP contribution in [-0.4, -0.2) is 64.8 Å². The largest absolute Gasteiger partial charge is 0.478 e. The Labute approximate surface area is 116 Å². The number of hydrogen-bond acceptors (Lipinski definition) is 5. The molecule has 1 aromatic carbocycles. The highest BCUT2D eigenvalue weighted by Gasteiger charge is 2.09. The van der Waals surface area contributed by atoms with E-state index in [1.54, 1.807) is 23.9 Å². The first-order valence-corrected chi connectivity index (χ1v) is 6.36. The molecule has 1 heterocycles. The van der Waals surface area contributed by atoms with Gasteiger partial charge in [-0.3, -0.25) is 0 Å². The smallest absolute Gasteiger partial charge is 0.335 e. The number of rotatable bonds is 7. The summed E-state index contributed by atoms with van der Waals surface area (Å²) in [5.41, 5.74) is 1.67. The monoisotopic (exact) mass is 278 g/mol. The molecule has 7 heteroatoms. The van der Waals surface area contributed by atoms with Crippen molar-refractivity contribution in [1.82, 2.24) is 19.9 Å². The molecule has 0 amide bonds. The molecule has 1 N–H and O–H groups in total. The number of likely N-dealkylation sites (N-methyl/N-ethyl adjacent to an activating group) is 1. The van der Waals surface area contributed by atoms with Crippen molar-refractivity contribution in [1.29, 1.82) is 0 Å². The number of ether oxygens (including phenoxy) is 1. The Kier molecular flexibility index (Phi) is 4.65. The van der Waals surface area contributed by atoms with Crippen LogP contribution in [0.1, 0.15) is 10.4 Å². The molecule has 0 spiro atoms. The maximum Gasteiger partial charge on any atom is 0.335 e. The standard InChI is InChI=1S/C13H18N4O3/c1-16(7-8-20-2)5-6-17-12-4-3-10(13(18)19)9-11(12)14-15-17/h3-4,9H,5-8H2,1-2H3,(H,18,19). The highest BCUT2D eigenvalue weighted by Crippen LogP contribution is 2.13. The number of aromatic carboxylic acids is 1. The van der Waals surface area contributed by atoms with Gasteiger partial charge >= 0.3 is 5.97 Å². The van der Waals surface area contributed by atoms with E-state index in [1.807, 2.05) is 7.05 Å². The van der Waals surface area contributed by atoms with Crippen molar-refractivity contribution >= 4 is 17.0 Å². The minimum atomic E-state index is -0.958. The predicted octanol–water partition coefficient (Wildman–Crippen LogP) is 0.708. The van der Waals surface area contributed by atoms with Crippen molar-refractivity contribution in [2.24, 2.45) is 0 Å². The first-order valence-electron chi connectivity index (χ1n) is 6.36. The van der Waals surface area contributed by atoms with Gasteiger partial charge in [0.25, 0.3) is 0 Å². The highest BCUT2D eigenvalue weighted by molar-refractivity contribution is 5.92. The number of fused-ring (bicyclic) bond motifs is 1. The third-order valence-corrected chi connectivity index (χ3v) is 3.13. The van der Waals surface area contributed by atoms with Gasteiger partial charge in [-0.2, -0.15) is 0 Å². The average Bonchev–Trinajstić information content (AvgIpc) is 2.85. The van der Waals surface area contributed by atoms with Crippen LogP contribution in [0.3, 0.4) is 0 Å². The van der Waals surface area contributed by atoms with Crippen molar-refractivity contribution in [3.63, 3.8) is 0 Å². The van der Waals surface area contributed by atoms with Gasteiger partial charge in [0, 0.05) is 20.2 Å². The summed E-state index contributed by atoms with van der Waals surface area (Å²) in [6.07, 6.45) is 0. The van der Waals surface area contributed by atoms with Crippen LogP contribution in [0.25, 0.3) is 11.0 Å². The third-order valence-electron chi connectivity index (χ3n) is 3.13. The van der Waals surface area contributed by atoms with Gasteiger partial charge in [-0.05, 0) is 25.2 Å². The Morgan fingerprint density at radius 1 is 1.45 bits per heavy atom. The van der Waals surface area contributed by atoms with Gasteiger partial charge in [0.05, 0.1) is 24.2 Å². The Hall–Kier alpha value is -1.99. The van der Waals surface area contributed by atoms with Gasteiger partial charge < -0.3 is 14.7 Å². The van der Waals surface area contributed by atoms with E-state index >= 15 is 0 Å². The van der Waals surface area contributed by atoms with Crippen LogP contribution in [0.2, 0.25) is 0 Å². The molecule has 0 atom stereocenters. The first kappa shape index (κ1) is 14.4. The van der Waals surface area contributed by atoms with Crippen LogP contribution >= 0.6 is 0 Å². The molecule has 0 aliphatic heterocycles. The summed E-state index contributed by atoms with van der Waals surface area (Å²) in [6, 6.07) is 4.85. The number of benzene rings is 1. The molecule has 0 unspecified atom stereocenters. The summed E-state index contributed by atoms with van der Waals surface area (Å²) in [7, 11) is 3.69. The van der Waals surface area contributed by atoms with Crippen LogP contribution in [0.15, 0.2) is 18.2 Å². The molecule has 20 heavy (non-hydrogen) atoms. The van der Waals surface area contributed by atoms with E-state index in [0.717, 1.165) is 18.6 Å². The van der Waals surface area contributed by atoms with Crippen LogP contribution in [0, 0.1) is 0 Å². The van der Waals surface area contributed by atoms with Crippen molar-refractivity contribution in [3.8, 4) is 0 Å². The Bertz CT molecular complexity index is 596. The minimum Gasteiger partial charge on any atom is -0.478 e. The number of carbonyl (C=O) groups is 1. The van der Waals surface area contributed by atoms with Crippen LogP contribution in [-0.2, 0) is 11.3 Å². The molecule has 0 fully saturated rings. The maximum atomic E-state index is 10.9. The molecule has 0 bridgehead atoms. The van der Waals surface area contributed by atoms with Crippen molar-refractivity contribution < 1.29 is 14.6 Å². The minimum absolute atomic E-state index is 0.224. The zero-order valence-corrected chi connectivity index (χ0v) is 11.6. The van der Waals surface area contributed by atoms with E-state index in [0.29, 0.717) is 18.7 Å². The van der Waals surface area contributed by atoms with Gasteiger partial charge in [-0.25, -0.2) is 9.48 Å². The number of nitrogens with zero attached hydrogens (tertiary/aromatic N) is 4. The highest BCUT2D eigenvalue weighted by atomic mass is 16.5. The third kappa shape index (κ3) is 3.31. The maximum absolute atomic E-state index is 10.9. The van der Waals surface area contributed by atoms with E-state index in [9.17, 15) is 4.79 Å². The summed E-state index contributed by atoms with van der Waals surface area (Å²) < 4.78 is 6.81. The van der Waals surface area contributed by atoms with Crippen LogP contribution in [0.5, 0.6) is 0 Å². The summed E-state index contributed by atoms with van der Waals surface area (Å²) in [5.74, 6) is -0.958. The summed E-state index contributed by atoms with van der Waals surface area (Å²) in [4.78, 5) is 13.0. The molecule has 2 aromatic rings. The molecule has 0 aliphatic carbocycles. The Morgan fingerprint density at radius 2 is 2.25 bits per heavy atom. The van der Waals surface area contributed by atoms with E-state index in [4.69, 9.17) is 9.84 Å². The molecular weight excluding hydrogens is 260 g/mol. The molecule has 0 aliphatic rings. The van der Waals surface area contributed by atoms with E-state index in [1.165, 1.54) is 6.07 Å². The van der Waals surface area contributed by atoms with Gasteiger partial charge in [0.1, 0.15) is 5.52 Å². The van der Waals surface area contributed by atoms with Gasteiger partial charge in [0.15, 0.2) is 0 Å². The molecule has 0 radical (unpaired) electrons. The Morgan fingerprint density at radius 3 is 2.95 bits per heavy atom. The molecule has 0 saturated carbocycles. The lowest BCUT2D eigenvalue weighted by Gasteiger charge is -2.15. The molecular formula is C13H18N4O3. The van der Waals surface area contributed by atoms with Crippen LogP contribution < -0.4 is 0 Å².